The fourth-order valence-electron chi connectivity index (χ4n) is 1.68. The van der Waals surface area contributed by atoms with E-state index in [4.69, 9.17) is 5.53 Å². The maximum Gasteiger partial charge on any atom is 0.264 e. The molecule has 0 fully saturated rings. The Morgan fingerprint density at radius 2 is 1.83 bits per heavy atom. The third kappa shape index (κ3) is 4.39. The lowest BCUT2D eigenvalue weighted by molar-refractivity contribution is 0.597. The van der Waals surface area contributed by atoms with E-state index in [1.54, 1.807) is 12.1 Å². The van der Waals surface area contributed by atoms with Crippen LogP contribution < -0.4 is 0 Å². The van der Waals surface area contributed by atoms with Gasteiger partial charge in [-0.05, 0) is 36.1 Å². The van der Waals surface area contributed by atoms with Crippen LogP contribution in [0.3, 0.4) is 0 Å². The standard InChI is InChI=1S/C12H17N3O2S/c1-2-3-4-5-6-11-7-9-12(10-8-11)18(16,17)15-14-13/h7-10H,2-6H2,1H3. The predicted molar refractivity (Wildman–Crippen MR) is 70.6 cm³/mol. The van der Waals surface area contributed by atoms with Crippen molar-refractivity contribution in [2.24, 2.45) is 4.52 Å². The number of benzene rings is 1. The van der Waals surface area contributed by atoms with E-state index in [1.165, 1.54) is 31.4 Å². The predicted octanol–water partition coefficient (Wildman–Crippen LogP) is 3.81. The van der Waals surface area contributed by atoms with E-state index in [1.807, 2.05) is 0 Å². The molecule has 0 spiro atoms. The molecular weight excluding hydrogens is 250 g/mol. The summed E-state index contributed by atoms with van der Waals surface area (Å²) in [5.74, 6) is 0. The summed E-state index contributed by atoms with van der Waals surface area (Å²) in [7, 11) is -3.85. The summed E-state index contributed by atoms with van der Waals surface area (Å²) >= 11 is 0. The Balaban J connectivity index is 2.66. The summed E-state index contributed by atoms with van der Waals surface area (Å²) < 4.78 is 25.6. The first kappa shape index (κ1) is 14.5. The molecule has 6 heteroatoms. The molecule has 0 bridgehead atoms. The van der Waals surface area contributed by atoms with E-state index >= 15 is 0 Å². The minimum atomic E-state index is -3.85. The highest BCUT2D eigenvalue weighted by Crippen LogP contribution is 2.15. The van der Waals surface area contributed by atoms with Gasteiger partial charge in [0.25, 0.3) is 10.0 Å². The van der Waals surface area contributed by atoms with Crippen molar-refractivity contribution in [1.29, 1.82) is 0 Å². The van der Waals surface area contributed by atoms with Crippen LogP contribution in [0.25, 0.3) is 10.4 Å². The summed E-state index contributed by atoms with van der Waals surface area (Å²) in [4.78, 5) is 2.35. The van der Waals surface area contributed by atoms with Crippen LogP contribution in [0.15, 0.2) is 33.7 Å². The zero-order valence-corrected chi connectivity index (χ0v) is 11.2. The smallest absolute Gasteiger partial charge is 0.216 e. The molecule has 1 aromatic rings. The van der Waals surface area contributed by atoms with Gasteiger partial charge in [-0.3, -0.25) is 0 Å². The van der Waals surface area contributed by atoms with Gasteiger partial charge in [0.2, 0.25) is 0 Å². The summed E-state index contributed by atoms with van der Waals surface area (Å²) in [6.45, 7) is 2.16. The minimum Gasteiger partial charge on any atom is -0.216 e. The average molecular weight is 267 g/mol. The molecule has 0 aliphatic carbocycles. The van der Waals surface area contributed by atoms with Crippen LogP contribution in [0.1, 0.15) is 38.2 Å². The molecule has 1 aromatic carbocycles. The number of nitrogens with zero attached hydrogens (tertiary/aromatic N) is 3. The Labute approximate surface area is 108 Å². The van der Waals surface area contributed by atoms with Crippen LogP contribution in [0.5, 0.6) is 0 Å². The highest BCUT2D eigenvalue weighted by atomic mass is 32.2. The van der Waals surface area contributed by atoms with Gasteiger partial charge in [0, 0.05) is 9.43 Å². The second-order valence-electron chi connectivity index (χ2n) is 4.10. The SMILES string of the molecule is CCCCCCc1ccc(S(=O)(=O)N=[N+]=[N-])cc1. The largest absolute Gasteiger partial charge is 0.264 e. The van der Waals surface area contributed by atoms with Crippen molar-refractivity contribution in [2.45, 2.75) is 43.9 Å². The van der Waals surface area contributed by atoms with Crippen LogP contribution in [0.4, 0.5) is 0 Å². The van der Waals surface area contributed by atoms with Crippen molar-refractivity contribution in [3.05, 3.63) is 40.3 Å². The summed E-state index contributed by atoms with van der Waals surface area (Å²) in [6.07, 6.45) is 5.67. The monoisotopic (exact) mass is 267 g/mol. The number of azide groups is 1. The maximum atomic E-state index is 11.4. The second-order valence-corrected chi connectivity index (χ2v) is 5.69. The third-order valence-electron chi connectivity index (χ3n) is 2.68. The van der Waals surface area contributed by atoms with Gasteiger partial charge in [-0.25, -0.2) is 8.42 Å². The molecule has 0 amide bonds. The normalized spacial score (nSPS) is 10.9. The van der Waals surface area contributed by atoms with Crippen molar-refractivity contribution in [2.75, 3.05) is 0 Å². The molecule has 0 unspecified atom stereocenters. The van der Waals surface area contributed by atoms with Gasteiger partial charge in [-0.2, -0.15) is 0 Å². The first-order chi connectivity index (χ1) is 8.60. The van der Waals surface area contributed by atoms with Crippen LogP contribution in [-0.4, -0.2) is 8.42 Å². The fourth-order valence-corrected chi connectivity index (χ4v) is 2.35. The number of hydrogen-bond donors (Lipinski definition) is 0. The maximum absolute atomic E-state index is 11.4. The van der Waals surface area contributed by atoms with E-state index < -0.39 is 10.0 Å². The highest BCUT2D eigenvalue weighted by Gasteiger charge is 2.10. The Morgan fingerprint density at radius 1 is 1.17 bits per heavy atom. The van der Waals surface area contributed by atoms with Crippen LogP contribution in [0, 0.1) is 0 Å². The second kappa shape index (κ2) is 7.03. The molecule has 0 saturated carbocycles. The van der Waals surface area contributed by atoms with Crippen molar-refractivity contribution in [3.8, 4) is 0 Å². The quantitative estimate of drug-likeness (QED) is 0.325. The lowest BCUT2D eigenvalue weighted by Gasteiger charge is -2.02. The van der Waals surface area contributed by atoms with E-state index in [0.717, 1.165) is 18.4 Å². The molecule has 0 atom stereocenters. The van der Waals surface area contributed by atoms with Gasteiger partial charge in [-0.15, -0.1) is 0 Å². The number of hydrogen-bond acceptors (Lipinski definition) is 2. The fraction of sp³-hybridized carbons (Fsp3) is 0.500. The Kier molecular flexibility index (Phi) is 5.68. The molecule has 0 aliphatic heterocycles. The van der Waals surface area contributed by atoms with Crippen molar-refractivity contribution in [3.63, 3.8) is 0 Å². The van der Waals surface area contributed by atoms with Gasteiger partial charge in [0.05, 0.1) is 4.90 Å². The van der Waals surface area contributed by atoms with E-state index in [9.17, 15) is 8.42 Å². The zero-order valence-electron chi connectivity index (χ0n) is 10.4. The van der Waals surface area contributed by atoms with E-state index in [2.05, 4.69) is 16.4 Å². The van der Waals surface area contributed by atoms with Crippen LogP contribution in [-0.2, 0) is 16.4 Å². The van der Waals surface area contributed by atoms with Gasteiger partial charge in [0.15, 0.2) is 0 Å². The van der Waals surface area contributed by atoms with Crippen LogP contribution in [0.2, 0.25) is 0 Å². The molecule has 98 valence electrons. The third-order valence-corrected chi connectivity index (χ3v) is 3.84. The summed E-state index contributed by atoms with van der Waals surface area (Å²) in [5, 5.41) is 0. The molecule has 0 aliphatic rings. The lowest BCUT2D eigenvalue weighted by atomic mass is 10.1. The topological polar surface area (TPSA) is 82.9 Å². The van der Waals surface area contributed by atoms with Crippen LogP contribution >= 0.6 is 0 Å². The van der Waals surface area contributed by atoms with Crippen molar-refractivity contribution >= 4 is 10.0 Å². The van der Waals surface area contributed by atoms with E-state index in [-0.39, 0.29) is 4.90 Å². The lowest BCUT2D eigenvalue weighted by Crippen LogP contribution is -1.95. The molecule has 18 heavy (non-hydrogen) atoms. The zero-order chi connectivity index (χ0) is 13.4. The first-order valence-electron chi connectivity index (χ1n) is 6.00. The molecule has 0 saturated heterocycles. The number of sulfonamides is 1. The average Bonchev–Trinajstić information content (AvgIpc) is 2.35. The number of unbranched alkanes of at least 4 members (excludes halogenated alkanes) is 3. The van der Waals surface area contributed by atoms with Crippen molar-refractivity contribution in [1.82, 2.24) is 0 Å². The van der Waals surface area contributed by atoms with Gasteiger partial charge in [-0.1, -0.05) is 38.3 Å². The Morgan fingerprint density at radius 3 is 2.39 bits per heavy atom. The molecule has 0 N–H and O–H groups in total. The summed E-state index contributed by atoms with van der Waals surface area (Å²) in [5.41, 5.74) is 9.27. The molecule has 1 rings (SSSR count). The Hall–Kier alpha value is -1.52. The molecule has 0 aromatic heterocycles. The number of aryl methyl sites for hydroxylation is 1. The summed E-state index contributed by atoms with van der Waals surface area (Å²) in [6, 6.07) is 6.51. The highest BCUT2D eigenvalue weighted by molar-refractivity contribution is 7.90. The molecule has 5 nitrogen and oxygen atoms in total. The number of rotatable bonds is 7. The van der Waals surface area contributed by atoms with Crippen molar-refractivity contribution < 1.29 is 8.42 Å². The molecular formula is C12H17N3O2S. The van der Waals surface area contributed by atoms with Gasteiger partial charge in [0.1, 0.15) is 0 Å². The molecule has 0 heterocycles. The van der Waals surface area contributed by atoms with E-state index in [0.29, 0.717) is 0 Å². The minimum absolute atomic E-state index is 0.0395. The van der Waals surface area contributed by atoms with Gasteiger partial charge >= 0.3 is 0 Å². The molecule has 0 radical (unpaired) electrons. The Bertz CT molecular complexity index is 517. The van der Waals surface area contributed by atoms with Gasteiger partial charge < -0.3 is 0 Å². The first-order valence-corrected chi connectivity index (χ1v) is 7.44.